The van der Waals surface area contributed by atoms with E-state index < -0.39 is 72.4 Å². The van der Waals surface area contributed by atoms with Crippen molar-refractivity contribution in [2.45, 2.75) is 58.3 Å². The van der Waals surface area contributed by atoms with Gasteiger partial charge in [-0.05, 0) is 12.0 Å². The van der Waals surface area contributed by atoms with Crippen LogP contribution >= 0.6 is 0 Å². The molecule has 0 amide bonds. The third-order valence-electron chi connectivity index (χ3n) is 5.59. The average molecular weight is 685 g/mol. The second-order valence-corrected chi connectivity index (χ2v) is 8.75. The van der Waals surface area contributed by atoms with E-state index in [9.17, 15) is 28.8 Å². The summed E-state index contributed by atoms with van der Waals surface area (Å²) >= 11 is 0. The minimum Gasteiger partial charge on any atom is -1.00 e. The molecule has 0 radical (unpaired) electrons. The van der Waals surface area contributed by atoms with E-state index in [1.54, 1.807) is 36.0 Å². The SMILES string of the molecule is CC(=O)OC[C@H]1O[C@@H](n2cc(C#Cc3cccc[n+]3C)c(=O)[nH]c2=O)[C@H](OC(C)=O)[C@@H](OC(C)=O)[C@@H]1OC(C)=O.[I-]. The molecule has 220 valence electrons. The van der Waals surface area contributed by atoms with Crippen LogP contribution in [0.3, 0.4) is 0 Å². The number of halogens is 1. The van der Waals surface area contributed by atoms with Gasteiger partial charge in [0.05, 0.1) is 0 Å². The first kappa shape index (κ1) is 33.2. The molecule has 0 aromatic carbocycles. The lowest BCUT2D eigenvalue weighted by Gasteiger charge is -2.44. The fourth-order valence-corrected chi connectivity index (χ4v) is 3.98. The Morgan fingerprint density at radius 1 is 0.927 bits per heavy atom. The topological polar surface area (TPSA) is 173 Å². The molecule has 41 heavy (non-hydrogen) atoms. The molecule has 3 rings (SSSR count). The van der Waals surface area contributed by atoms with Gasteiger partial charge in [0.2, 0.25) is 0 Å². The lowest BCUT2D eigenvalue weighted by Crippen LogP contribution is -3.00. The maximum atomic E-state index is 13.0. The predicted octanol–water partition coefficient (Wildman–Crippen LogP) is -3.98. The zero-order chi connectivity index (χ0) is 29.6. The van der Waals surface area contributed by atoms with Crippen LogP contribution in [0.25, 0.3) is 0 Å². The van der Waals surface area contributed by atoms with E-state index in [0.29, 0.717) is 5.69 Å². The molecule has 2 aromatic heterocycles. The van der Waals surface area contributed by atoms with Gasteiger partial charge in [0.1, 0.15) is 25.3 Å². The number of nitrogens with one attached hydrogen (secondary N) is 1. The Morgan fingerprint density at radius 3 is 2.12 bits per heavy atom. The second kappa shape index (κ2) is 14.6. The lowest BCUT2D eigenvalue weighted by atomic mass is 9.97. The third kappa shape index (κ3) is 8.72. The summed E-state index contributed by atoms with van der Waals surface area (Å²) in [7, 11) is 1.76. The number of carbonyl (C=O) groups excluding carboxylic acids is 4. The highest BCUT2D eigenvalue weighted by Crippen LogP contribution is 2.34. The molecular formula is C26H28IN3O11. The quantitative estimate of drug-likeness (QED) is 0.103. The van der Waals surface area contributed by atoms with Crippen molar-refractivity contribution < 1.29 is 71.4 Å². The van der Waals surface area contributed by atoms with Gasteiger partial charge < -0.3 is 47.7 Å². The van der Waals surface area contributed by atoms with Gasteiger partial charge in [0.25, 0.3) is 11.3 Å². The standard InChI is InChI=1S/C26H27N3O11.HI/c1-14(30)36-13-20-21(37-15(2)31)22(38-16(3)32)23(39-17(4)33)25(40-20)29-12-18(24(34)27-26(29)35)9-10-19-8-6-7-11-28(19)5;/h6-8,11-12,20-23,25H,13H2,1-5H3;1H/t20-,21-,22+,23-,25-;/m1./s1. The molecule has 1 aliphatic rings. The van der Waals surface area contributed by atoms with E-state index >= 15 is 0 Å². The van der Waals surface area contributed by atoms with Crippen LogP contribution in [-0.2, 0) is 49.9 Å². The molecule has 1 N–H and O–H groups in total. The zero-order valence-electron chi connectivity index (χ0n) is 22.7. The number of esters is 4. The zero-order valence-corrected chi connectivity index (χ0v) is 24.9. The molecule has 1 fully saturated rings. The fourth-order valence-electron chi connectivity index (χ4n) is 3.98. The monoisotopic (exact) mass is 685 g/mol. The maximum Gasteiger partial charge on any atom is 0.330 e. The van der Waals surface area contributed by atoms with E-state index in [0.717, 1.165) is 38.5 Å². The van der Waals surface area contributed by atoms with E-state index in [4.69, 9.17) is 23.7 Å². The molecule has 15 heteroatoms. The molecule has 0 aliphatic carbocycles. The molecule has 0 spiro atoms. The Kier molecular flexibility index (Phi) is 11.8. The molecule has 0 bridgehead atoms. The molecular weight excluding hydrogens is 657 g/mol. The summed E-state index contributed by atoms with van der Waals surface area (Å²) in [4.78, 5) is 75.2. The Balaban J connectivity index is 0.00000588. The molecule has 1 aliphatic heterocycles. The maximum absolute atomic E-state index is 13.0. The largest absolute Gasteiger partial charge is 1.00 e. The van der Waals surface area contributed by atoms with Gasteiger partial charge in [-0.25, -0.2) is 4.79 Å². The summed E-state index contributed by atoms with van der Waals surface area (Å²) in [6.45, 7) is 3.88. The van der Waals surface area contributed by atoms with Crippen molar-refractivity contribution in [3.05, 3.63) is 62.7 Å². The van der Waals surface area contributed by atoms with E-state index in [2.05, 4.69) is 16.8 Å². The van der Waals surface area contributed by atoms with Gasteiger partial charge in [-0.1, -0.05) is 0 Å². The number of rotatable bonds is 6. The number of pyridine rings is 1. The van der Waals surface area contributed by atoms with Crippen LogP contribution in [0.15, 0.2) is 40.2 Å². The minimum absolute atomic E-state index is 0. The van der Waals surface area contributed by atoms with Crippen LogP contribution in [0.4, 0.5) is 0 Å². The van der Waals surface area contributed by atoms with Gasteiger partial charge in [-0.15, -0.1) is 0 Å². The molecule has 2 aromatic rings. The Morgan fingerprint density at radius 2 is 1.54 bits per heavy atom. The number of aromatic nitrogens is 3. The molecule has 0 saturated carbocycles. The summed E-state index contributed by atoms with van der Waals surface area (Å²) in [6.07, 6.45) is -4.43. The Hall–Kier alpha value is -4.04. The highest BCUT2D eigenvalue weighted by molar-refractivity contribution is 5.68. The smallest absolute Gasteiger partial charge is 0.330 e. The van der Waals surface area contributed by atoms with Crippen LogP contribution in [0.5, 0.6) is 0 Å². The number of hydrogen-bond acceptors (Lipinski definition) is 11. The highest BCUT2D eigenvalue weighted by atomic mass is 127. The van der Waals surface area contributed by atoms with Gasteiger partial charge in [-0.3, -0.25) is 33.5 Å². The number of aryl methyl sites for hydroxylation is 1. The van der Waals surface area contributed by atoms with E-state index in [1.807, 2.05) is 0 Å². The average Bonchev–Trinajstić information content (AvgIpc) is 2.85. The van der Waals surface area contributed by atoms with E-state index in [-0.39, 0.29) is 29.5 Å². The summed E-state index contributed by atoms with van der Waals surface area (Å²) < 4.78 is 29.8. The number of H-pyrrole nitrogens is 1. The van der Waals surface area contributed by atoms with Crippen molar-refractivity contribution in [2.24, 2.45) is 7.05 Å². The summed E-state index contributed by atoms with van der Waals surface area (Å²) in [5, 5.41) is 0. The first-order valence-electron chi connectivity index (χ1n) is 12.0. The van der Waals surface area contributed by atoms with Gasteiger partial charge in [0.15, 0.2) is 30.7 Å². The number of ether oxygens (including phenoxy) is 5. The Labute approximate surface area is 250 Å². The molecule has 3 heterocycles. The Bertz CT molecular complexity index is 1490. The first-order valence-corrected chi connectivity index (χ1v) is 12.0. The van der Waals surface area contributed by atoms with Crippen molar-refractivity contribution in [2.75, 3.05) is 6.61 Å². The van der Waals surface area contributed by atoms with E-state index in [1.165, 1.54) is 0 Å². The van der Waals surface area contributed by atoms with Crippen LogP contribution < -0.4 is 39.8 Å². The molecule has 0 unspecified atom stereocenters. The van der Waals surface area contributed by atoms with Crippen molar-refractivity contribution in [1.29, 1.82) is 0 Å². The van der Waals surface area contributed by atoms with Crippen LogP contribution in [0.1, 0.15) is 45.2 Å². The number of aromatic amines is 1. The minimum atomic E-state index is -1.55. The third-order valence-corrected chi connectivity index (χ3v) is 5.59. The van der Waals surface area contributed by atoms with Crippen molar-refractivity contribution in [3.8, 4) is 11.8 Å². The molecule has 14 nitrogen and oxygen atoms in total. The van der Waals surface area contributed by atoms with Crippen molar-refractivity contribution in [3.63, 3.8) is 0 Å². The normalized spacial score (nSPS) is 21.2. The van der Waals surface area contributed by atoms with Gasteiger partial charge in [0, 0.05) is 51.9 Å². The summed E-state index contributed by atoms with van der Waals surface area (Å²) in [5.74, 6) is 2.37. The number of hydrogen-bond donors (Lipinski definition) is 1. The number of carbonyl (C=O) groups is 4. The fraction of sp³-hybridized carbons (Fsp3) is 0.423. The lowest BCUT2D eigenvalue weighted by molar-refractivity contribution is -0.673. The van der Waals surface area contributed by atoms with Crippen molar-refractivity contribution >= 4 is 23.9 Å². The number of nitrogens with zero attached hydrogens (tertiary/aromatic N) is 2. The van der Waals surface area contributed by atoms with Gasteiger partial charge >= 0.3 is 29.6 Å². The summed E-state index contributed by atoms with van der Waals surface area (Å²) in [5.41, 5.74) is -1.34. The van der Waals surface area contributed by atoms with Gasteiger partial charge in [-0.2, -0.15) is 4.57 Å². The van der Waals surface area contributed by atoms with Crippen molar-refractivity contribution in [1.82, 2.24) is 9.55 Å². The highest BCUT2D eigenvalue weighted by Gasteiger charge is 2.53. The first-order chi connectivity index (χ1) is 18.9. The van der Waals surface area contributed by atoms with Crippen LogP contribution in [-0.4, -0.2) is 64.5 Å². The second-order valence-electron chi connectivity index (χ2n) is 8.75. The summed E-state index contributed by atoms with van der Waals surface area (Å²) in [6, 6.07) is 5.27. The molecule has 5 atom stereocenters. The van der Waals surface area contributed by atoms with Crippen LogP contribution in [0.2, 0.25) is 0 Å². The molecule has 1 saturated heterocycles. The van der Waals surface area contributed by atoms with Crippen LogP contribution in [0, 0.1) is 11.8 Å². The predicted molar refractivity (Wildman–Crippen MR) is 132 cm³/mol.